The molecule has 1 fully saturated rings. The van der Waals surface area contributed by atoms with Crippen molar-refractivity contribution in [3.05, 3.63) is 28.5 Å². The first-order valence-corrected chi connectivity index (χ1v) is 4.50. The molecule has 3 heteroatoms. The molecule has 1 aromatic heterocycles. The van der Waals surface area contributed by atoms with Gasteiger partial charge in [0.25, 0.3) is 0 Å². The standard InChI is InChI=1S/C8H9BrN2/c9-8-5-6(1-3-11-8)7-2-4-10-7/h1,3,5,7,10H,2,4H2/t7-/m0/s1. The monoisotopic (exact) mass is 212 g/mol. The average molecular weight is 213 g/mol. The van der Waals surface area contributed by atoms with Gasteiger partial charge in [-0.1, -0.05) is 0 Å². The van der Waals surface area contributed by atoms with Gasteiger partial charge in [0.2, 0.25) is 0 Å². The van der Waals surface area contributed by atoms with Crippen LogP contribution in [0.1, 0.15) is 18.0 Å². The summed E-state index contributed by atoms with van der Waals surface area (Å²) in [6.07, 6.45) is 3.08. The summed E-state index contributed by atoms with van der Waals surface area (Å²) in [6.45, 7) is 1.14. The number of aromatic nitrogens is 1. The van der Waals surface area contributed by atoms with Gasteiger partial charge in [-0.05, 0) is 46.6 Å². The Balaban J connectivity index is 2.23. The van der Waals surface area contributed by atoms with Crippen LogP contribution in [-0.4, -0.2) is 11.5 Å². The molecule has 0 saturated carbocycles. The van der Waals surface area contributed by atoms with Crippen LogP contribution in [0.3, 0.4) is 0 Å². The van der Waals surface area contributed by atoms with Crippen LogP contribution >= 0.6 is 15.9 Å². The summed E-state index contributed by atoms with van der Waals surface area (Å²) in [7, 11) is 0. The summed E-state index contributed by atoms with van der Waals surface area (Å²) in [5, 5.41) is 3.34. The Hall–Kier alpha value is -0.410. The molecule has 2 rings (SSSR count). The highest BCUT2D eigenvalue weighted by Crippen LogP contribution is 2.23. The van der Waals surface area contributed by atoms with Gasteiger partial charge in [0, 0.05) is 12.2 Å². The fraction of sp³-hybridized carbons (Fsp3) is 0.375. The van der Waals surface area contributed by atoms with E-state index in [0.29, 0.717) is 6.04 Å². The minimum atomic E-state index is 0.564. The molecule has 0 radical (unpaired) electrons. The molecule has 0 spiro atoms. The number of nitrogens with zero attached hydrogens (tertiary/aromatic N) is 1. The van der Waals surface area contributed by atoms with E-state index in [0.717, 1.165) is 11.1 Å². The highest BCUT2D eigenvalue weighted by Gasteiger charge is 2.17. The van der Waals surface area contributed by atoms with E-state index < -0.39 is 0 Å². The fourth-order valence-corrected chi connectivity index (χ4v) is 1.59. The maximum Gasteiger partial charge on any atom is 0.106 e. The third kappa shape index (κ3) is 1.44. The molecule has 1 atom stereocenters. The van der Waals surface area contributed by atoms with Crippen LogP contribution < -0.4 is 5.32 Å². The van der Waals surface area contributed by atoms with Crippen molar-refractivity contribution in [3.8, 4) is 0 Å². The van der Waals surface area contributed by atoms with Crippen molar-refractivity contribution >= 4 is 15.9 Å². The maximum atomic E-state index is 4.07. The van der Waals surface area contributed by atoms with Gasteiger partial charge in [-0.2, -0.15) is 0 Å². The van der Waals surface area contributed by atoms with Crippen LogP contribution in [-0.2, 0) is 0 Å². The minimum absolute atomic E-state index is 0.564. The third-order valence-corrected chi connectivity index (χ3v) is 2.41. The molecular weight excluding hydrogens is 204 g/mol. The van der Waals surface area contributed by atoms with Crippen molar-refractivity contribution in [3.63, 3.8) is 0 Å². The molecule has 1 aliphatic heterocycles. The lowest BCUT2D eigenvalue weighted by Crippen LogP contribution is -2.34. The molecule has 1 aromatic rings. The van der Waals surface area contributed by atoms with Gasteiger partial charge in [-0.25, -0.2) is 4.98 Å². The van der Waals surface area contributed by atoms with Gasteiger partial charge in [-0.3, -0.25) is 0 Å². The fourth-order valence-electron chi connectivity index (χ4n) is 1.21. The molecule has 58 valence electrons. The second-order valence-electron chi connectivity index (χ2n) is 2.71. The summed E-state index contributed by atoms with van der Waals surface area (Å²) in [5.74, 6) is 0. The normalized spacial score (nSPS) is 22.8. The van der Waals surface area contributed by atoms with Crippen molar-refractivity contribution in [1.29, 1.82) is 0 Å². The number of nitrogens with one attached hydrogen (secondary N) is 1. The molecular formula is C8H9BrN2. The molecule has 0 aromatic carbocycles. The molecule has 11 heavy (non-hydrogen) atoms. The minimum Gasteiger partial charge on any atom is -0.310 e. The van der Waals surface area contributed by atoms with Crippen molar-refractivity contribution in [2.75, 3.05) is 6.54 Å². The van der Waals surface area contributed by atoms with Crippen LogP contribution in [0.4, 0.5) is 0 Å². The molecule has 0 unspecified atom stereocenters. The van der Waals surface area contributed by atoms with Crippen molar-refractivity contribution in [2.45, 2.75) is 12.5 Å². The topological polar surface area (TPSA) is 24.9 Å². The Labute approximate surface area is 74.2 Å². The Morgan fingerprint density at radius 1 is 1.64 bits per heavy atom. The van der Waals surface area contributed by atoms with E-state index >= 15 is 0 Å². The van der Waals surface area contributed by atoms with E-state index in [2.05, 4.69) is 38.4 Å². The zero-order valence-electron chi connectivity index (χ0n) is 6.05. The summed E-state index contributed by atoms with van der Waals surface area (Å²) < 4.78 is 0.920. The largest absolute Gasteiger partial charge is 0.310 e. The van der Waals surface area contributed by atoms with Crippen LogP contribution in [0.5, 0.6) is 0 Å². The van der Waals surface area contributed by atoms with E-state index in [4.69, 9.17) is 0 Å². The lowest BCUT2D eigenvalue weighted by atomic mass is 9.99. The van der Waals surface area contributed by atoms with Gasteiger partial charge in [0.05, 0.1) is 0 Å². The van der Waals surface area contributed by atoms with Crippen LogP contribution in [0.15, 0.2) is 22.9 Å². The lowest BCUT2D eigenvalue weighted by molar-refractivity contribution is 0.383. The van der Waals surface area contributed by atoms with Crippen molar-refractivity contribution in [2.24, 2.45) is 0 Å². The Kier molecular flexibility index (Phi) is 1.92. The number of halogens is 1. The van der Waals surface area contributed by atoms with Gasteiger partial charge in [0.1, 0.15) is 4.60 Å². The van der Waals surface area contributed by atoms with E-state index in [9.17, 15) is 0 Å². The van der Waals surface area contributed by atoms with Gasteiger partial charge in [0.15, 0.2) is 0 Å². The second kappa shape index (κ2) is 2.91. The highest BCUT2D eigenvalue weighted by atomic mass is 79.9. The number of pyridine rings is 1. The SMILES string of the molecule is Brc1cc([C@@H]2CCN2)ccn1. The molecule has 0 amide bonds. The maximum absolute atomic E-state index is 4.07. The van der Waals surface area contributed by atoms with E-state index in [1.165, 1.54) is 12.0 Å². The van der Waals surface area contributed by atoms with Gasteiger partial charge in [-0.15, -0.1) is 0 Å². The van der Waals surface area contributed by atoms with Crippen LogP contribution in [0.25, 0.3) is 0 Å². The molecule has 2 heterocycles. The van der Waals surface area contributed by atoms with Crippen LogP contribution in [0.2, 0.25) is 0 Å². The van der Waals surface area contributed by atoms with E-state index in [1.807, 2.05) is 6.20 Å². The Bertz CT molecular complexity index is 258. The Morgan fingerprint density at radius 2 is 2.45 bits per heavy atom. The second-order valence-corrected chi connectivity index (χ2v) is 3.52. The summed E-state index contributed by atoms with van der Waals surface area (Å²) in [4.78, 5) is 4.07. The zero-order chi connectivity index (χ0) is 7.68. The third-order valence-electron chi connectivity index (χ3n) is 1.98. The van der Waals surface area contributed by atoms with Gasteiger partial charge < -0.3 is 5.32 Å². The van der Waals surface area contributed by atoms with Gasteiger partial charge >= 0.3 is 0 Å². The van der Waals surface area contributed by atoms with E-state index in [1.54, 1.807) is 0 Å². The van der Waals surface area contributed by atoms with Crippen molar-refractivity contribution < 1.29 is 0 Å². The molecule has 1 saturated heterocycles. The lowest BCUT2D eigenvalue weighted by Gasteiger charge is -2.27. The predicted octanol–water partition coefficient (Wildman–Crippen LogP) is 1.88. The quantitative estimate of drug-likeness (QED) is 0.720. The molecule has 2 nitrogen and oxygen atoms in total. The first-order chi connectivity index (χ1) is 5.36. The average Bonchev–Trinajstić information content (AvgIpc) is 1.83. The number of rotatable bonds is 1. The first-order valence-electron chi connectivity index (χ1n) is 3.71. The smallest absolute Gasteiger partial charge is 0.106 e. The van der Waals surface area contributed by atoms with E-state index in [-0.39, 0.29) is 0 Å². The number of hydrogen-bond donors (Lipinski definition) is 1. The summed E-state index contributed by atoms with van der Waals surface area (Å²) in [5.41, 5.74) is 1.33. The molecule has 1 N–H and O–H groups in total. The molecule has 0 bridgehead atoms. The first kappa shape index (κ1) is 7.25. The molecule has 1 aliphatic rings. The van der Waals surface area contributed by atoms with Crippen LogP contribution in [0, 0.1) is 0 Å². The zero-order valence-corrected chi connectivity index (χ0v) is 7.63. The predicted molar refractivity (Wildman–Crippen MR) is 47.3 cm³/mol. The summed E-state index contributed by atoms with van der Waals surface area (Å²) in [6, 6.07) is 4.69. The highest BCUT2D eigenvalue weighted by molar-refractivity contribution is 9.10. The number of hydrogen-bond acceptors (Lipinski definition) is 2. The van der Waals surface area contributed by atoms with Crippen molar-refractivity contribution in [1.82, 2.24) is 10.3 Å². The Morgan fingerprint density at radius 3 is 3.00 bits per heavy atom. The summed E-state index contributed by atoms with van der Waals surface area (Å²) >= 11 is 3.34. The molecule has 0 aliphatic carbocycles.